The first-order chi connectivity index (χ1) is 10.5. The zero-order valence-electron chi connectivity index (χ0n) is 13.1. The first kappa shape index (κ1) is 18.6. The molecule has 1 unspecified atom stereocenters. The highest BCUT2D eigenvalue weighted by atomic mass is 35.5. The van der Waals surface area contributed by atoms with Crippen molar-refractivity contribution < 1.29 is 4.79 Å². The van der Waals surface area contributed by atoms with E-state index in [2.05, 4.69) is 30.0 Å². The Bertz CT molecular complexity index is 560. The van der Waals surface area contributed by atoms with Crippen LogP contribution in [0.15, 0.2) is 12.1 Å². The van der Waals surface area contributed by atoms with Gasteiger partial charge in [0.2, 0.25) is 0 Å². The number of amides is 1. The molecule has 1 aliphatic heterocycles. The molecule has 0 bridgehead atoms. The fourth-order valence-electron chi connectivity index (χ4n) is 2.57. The van der Waals surface area contributed by atoms with Gasteiger partial charge in [0.25, 0.3) is 5.91 Å². The molecule has 1 heterocycles. The number of nitrogens with one attached hydrogen (secondary N) is 1. The number of halogens is 2. The van der Waals surface area contributed by atoms with Crippen LogP contribution in [0.4, 0.5) is 5.69 Å². The second-order valence-electron chi connectivity index (χ2n) is 4.91. The number of hydrogen-bond acceptors (Lipinski definition) is 3. The lowest BCUT2D eigenvalue weighted by atomic mass is 10.0. The van der Waals surface area contributed by atoms with Crippen molar-refractivity contribution in [1.82, 2.24) is 10.2 Å². The Morgan fingerprint density at radius 2 is 1.86 bits per heavy atom. The Hall–Kier alpha value is -1.41. The predicted octanol–water partition coefficient (Wildman–Crippen LogP) is 3.09. The van der Waals surface area contributed by atoms with Crippen LogP contribution in [0.2, 0.25) is 10.0 Å². The maximum absolute atomic E-state index is 12.5. The third-order valence-electron chi connectivity index (χ3n) is 3.71. The van der Waals surface area contributed by atoms with Gasteiger partial charge >= 0.3 is 0 Å². The molecule has 1 N–H and O–H groups in total. The third-order valence-corrected chi connectivity index (χ3v) is 4.51. The molecule has 2 rings (SSSR count). The van der Waals surface area contributed by atoms with Gasteiger partial charge in [-0.15, -0.1) is 12.8 Å². The Kier molecular flexibility index (Phi) is 7.02. The molecule has 6 heteroatoms. The van der Waals surface area contributed by atoms with E-state index in [0.717, 1.165) is 25.2 Å². The van der Waals surface area contributed by atoms with E-state index in [1.807, 2.05) is 13.1 Å². The summed E-state index contributed by atoms with van der Waals surface area (Å²) in [7, 11) is 3.78. The van der Waals surface area contributed by atoms with Crippen LogP contribution in [0.1, 0.15) is 23.7 Å². The van der Waals surface area contributed by atoms with Crippen molar-refractivity contribution in [3.8, 4) is 12.8 Å². The molecule has 0 spiro atoms. The highest BCUT2D eigenvalue weighted by Gasteiger charge is 2.35. The zero-order valence-corrected chi connectivity index (χ0v) is 14.6. The lowest BCUT2D eigenvalue weighted by Gasteiger charge is -2.42. The highest BCUT2D eigenvalue weighted by Crippen LogP contribution is 2.38. The number of rotatable bonds is 4. The van der Waals surface area contributed by atoms with Crippen molar-refractivity contribution in [2.24, 2.45) is 0 Å². The van der Waals surface area contributed by atoms with Crippen molar-refractivity contribution in [3.05, 3.63) is 27.7 Å². The van der Waals surface area contributed by atoms with Gasteiger partial charge in [-0.3, -0.25) is 4.79 Å². The number of hydrogen-bond donors (Lipinski definition) is 1. The van der Waals surface area contributed by atoms with E-state index in [4.69, 9.17) is 23.2 Å². The van der Waals surface area contributed by atoms with Crippen LogP contribution >= 0.6 is 23.2 Å². The molecule has 1 aromatic carbocycles. The number of nitrogens with zero attached hydrogens (tertiary/aromatic N) is 2. The van der Waals surface area contributed by atoms with Crippen LogP contribution in [0.5, 0.6) is 0 Å². The van der Waals surface area contributed by atoms with Crippen LogP contribution in [0.25, 0.3) is 0 Å². The minimum Gasteiger partial charge on any atom is -0.353 e. The fraction of sp³-hybridized carbons (Fsp3) is 0.438. The number of terminal acetylenes is 1. The topological polar surface area (TPSA) is 35.6 Å². The fourth-order valence-corrected chi connectivity index (χ4v) is 2.96. The van der Waals surface area contributed by atoms with Crippen LogP contribution in [0.3, 0.4) is 0 Å². The molecule has 0 saturated heterocycles. The first-order valence-corrected chi connectivity index (χ1v) is 7.76. The zero-order chi connectivity index (χ0) is 16.9. The molecule has 0 aliphatic carbocycles. The average molecular weight is 342 g/mol. The SMILES string of the molecule is C#C.CCNCCC1N(C)C(=O)c2c(ccc(Cl)c2Cl)N1C. The van der Waals surface area contributed by atoms with E-state index in [0.29, 0.717) is 15.6 Å². The van der Waals surface area contributed by atoms with Gasteiger partial charge in [-0.2, -0.15) is 0 Å². The second kappa shape index (κ2) is 8.28. The molecular weight excluding hydrogens is 321 g/mol. The molecule has 1 amide bonds. The average Bonchev–Trinajstić information content (AvgIpc) is 2.53. The van der Waals surface area contributed by atoms with Gasteiger partial charge in [0.05, 0.1) is 21.3 Å². The summed E-state index contributed by atoms with van der Waals surface area (Å²) in [5.41, 5.74) is 1.33. The van der Waals surface area contributed by atoms with Gasteiger partial charge in [-0.05, 0) is 31.6 Å². The Balaban J connectivity index is 0.00000116. The molecule has 0 fully saturated rings. The lowest BCUT2D eigenvalue weighted by molar-refractivity contribution is 0.0705. The quantitative estimate of drug-likeness (QED) is 0.675. The molecule has 120 valence electrons. The van der Waals surface area contributed by atoms with Crippen LogP contribution in [-0.2, 0) is 0 Å². The smallest absolute Gasteiger partial charge is 0.258 e. The summed E-state index contributed by atoms with van der Waals surface area (Å²) >= 11 is 12.2. The number of carbonyl (C=O) groups excluding carboxylic acids is 1. The van der Waals surface area contributed by atoms with E-state index < -0.39 is 0 Å². The maximum Gasteiger partial charge on any atom is 0.258 e. The maximum atomic E-state index is 12.5. The van der Waals surface area contributed by atoms with E-state index in [9.17, 15) is 4.79 Å². The normalized spacial score (nSPS) is 16.9. The molecule has 1 aliphatic rings. The summed E-state index contributed by atoms with van der Waals surface area (Å²) in [6, 6.07) is 3.59. The third kappa shape index (κ3) is 3.49. The van der Waals surface area contributed by atoms with Gasteiger partial charge in [0, 0.05) is 14.1 Å². The minimum absolute atomic E-state index is 0.0197. The molecule has 0 radical (unpaired) electrons. The molecular formula is C16H21Cl2N3O. The second-order valence-corrected chi connectivity index (χ2v) is 5.69. The Morgan fingerprint density at radius 1 is 1.23 bits per heavy atom. The number of carbonyl (C=O) groups is 1. The van der Waals surface area contributed by atoms with Gasteiger partial charge < -0.3 is 15.1 Å². The Labute approximate surface area is 142 Å². The van der Waals surface area contributed by atoms with Gasteiger partial charge in [0.1, 0.15) is 6.17 Å². The molecule has 1 atom stereocenters. The van der Waals surface area contributed by atoms with Crippen molar-refractivity contribution in [1.29, 1.82) is 0 Å². The summed E-state index contributed by atoms with van der Waals surface area (Å²) in [4.78, 5) is 16.3. The largest absolute Gasteiger partial charge is 0.353 e. The van der Waals surface area contributed by atoms with E-state index in [1.54, 1.807) is 18.0 Å². The lowest BCUT2D eigenvalue weighted by Crippen LogP contribution is -2.53. The first-order valence-electron chi connectivity index (χ1n) is 7.01. The molecule has 22 heavy (non-hydrogen) atoms. The van der Waals surface area contributed by atoms with Gasteiger partial charge in [0.15, 0.2) is 0 Å². The molecule has 4 nitrogen and oxygen atoms in total. The van der Waals surface area contributed by atoms with Crippen molar-refractivity contribution in [2.45, 2.75) is 19.5 Å². The monoisotopic (exact) mass is 341 g/mol. The summed E-state index contributed by atoms with van der Waals surface area (Å²) in [6.07, 6.45) is 8.87. The van der Waals surface area contributed by atoms with Crippen molar-refractivity contribution in [2.75, 3.05) is 32.1 Å². The Morgan fingerprint density at radius 3 is 2.45 bits per heavy atom. The molecule has 1 aromatic rings. The number of fused-ring (bicyclic) bond motifs is 1. The standard InChI is InChI=1S/C14H19Cl2N3O.C2H2/c1-4-17-8-7-11-18(2)10-6-5-9(15)13(16)12(10)14(20)19(11)3;1-2/h5-6,11,17H,4,7-8H2,1-3H3;1-2H. The minimum atomic E-state index is -0.0768. The summed E-state index contributed by atoms with van der Waals surface area (Å²) < 4.78 is 0. The summed E-state index contributed by atoms with van der Waals surface area (Å²) in [5, 5.41) is 4.02. The predicted molar refractivity (Wildman–Crippen MR) is 93.8 cm³/mol. The van der Waals surface area contributed by atoms with Crippen LogP contribution in [0, 0.1) is 12.8 Å². The van der Waals surface area contributed by atoms with Crippen molar-refractivity contribution in [3.63, 3.8) is 0 Å². The van der Waals surface area contributed by atoms with Crippen LogP contribution in [-0.4, -0.2) is 44.2 Å². The van der Waals surface area contributed by atoms with E-state index in [-0.39, 0.29) is 12.1 Å². The summed E-state index contributed by atoms with van der Waals surface area (Å²) in [5.74, 6) is -0.0768. The van der Waals surface area contributed by atoms with E-state index in [1.165, 1.54) is 0 Å². The molecule has 0 saturated carbocycles. The van der Waals surface area contributed by atoms with Gasteiger partial charge in [-0.1, -0.05) is 30.1 Å². The van der Waals surface area contributed by atoms with Crippen molar-refractivity contribution >= 4 is 34.8 Å². The van der Waals surface area contributed by atoms with Gasteiger partial charge in [-0.25, -0.2) is 0 Å². The van der Waals surface area contributed by atoms with Crippen LogP contribution < -0.4 is 10.2 Å². The highest BCUT2D eigenvalue weighted by molar-refractivity contribution is 6.44. The summed E-state index contributed by atoms with van der Waals surface area (Å²) in [6.45, 7) is 3.85. The number of benzene rings is 1. The molecule has 0 aromatic heterocycles. The number of anilines is 1. The van der Waals surface area contributed by atoms with E-state index >= 15 is 0 Å².